The molecule has 0 atom stereocenters. The van der Waals surface area contributed by atoms with Crippen LogP contribution in [0.15, 0.2) is 16.6 Å². The van der Waals surface area contributed by atoms with Gasteiger partial charge in [-0.25, -0.2) is 4.98 Å². The second-order valence-electron chi connectivity index (χ2n) is 6.23. The predicted octanol–water partition coefficient (Wildman–Crippen LogP) is 1.54. The summed E-state index contributed by atoms with van der Waals surface area (Å²) in [6, 6.07) is 0. The summed E-state index contributed by atoms with van der Waals surface area (Å²) in [7, 11) is 2.19. The van der Waals surface area contributed by atoms with Crippen molar-refractivity contribution in [2.75, 3.05) is 57.8 Å². The fraction of sp³-hybridized carbons (Fsp3) is 0.733. The predicted molar refractivity (Wildman–Crippen MR) is 108 cm³/mol. The van der Waals surface area contributed by atoms with Crippen LogP contribution in [-0.4, -0.2) is 73.6 Å². The molecule has 0 aromatic carbocycles. The third-order valence-corrected chi connectivity index (χ3v) is 5.48. The van der Waals surface area contributed by atoms with Gasteiger partial charge < -0.3 is 20.4 Å². The first-order valence-corrected chi connectivity index (χ1v) is 8.98. The van der Waals surface area contributed by atoms with Crippen molar-refractivity contribution in [2.45, 2.75) is 12.8 Å². The van der Waals surface area contributed by atoms with Crippen LogP contribution in [0.5, 0.6) is 0 Å². The van der Waals surface area contributed by atoms with E-state index in [1.165, 1.54) is 25.9 Å². The lowest BCUT2D eigenvalue weighted by atomic mass is 9.97. The molecule has 23 heavy (non-hydrogen) atoms. The molecule has 0 amide bonds. The van der Waals surface area contributed by atoms with Crippen molar-refractivity contribution in [3.8, 4) is 0 Å². The summed E-state index contributed by atoms with van der Waals surface area (Å²) in [5.41, 5.74) is 6.19. The van der Waals surface area contributed by atoms with Crippen LogP contribution in [0.1, 0.15) is 12.8 Å². The number of hydrogen-bond donors (Lipinski definition) is 1. The van der Waals surface area contributed by atoms with Gasteiger partial charge in [-0.3, -0.25) is 4.99 Å². The minimum atomic E-state index is 0. The average Bonchev–Trinajstić information content (AvgIpc) is 3.09. The molecule has 1 aromatic rings. The van der Waals surface area contributed by atoms with Gasteiger partial charge in [0.25, 0.3) is 0 Å². The Hall–Kier alpha value is -0.610. The number of halogens is 1. The van der Waals surface area contributed by atoms with Crippen molar-refractivity contribution < 1.29 is 0 Å². The summed E-state index contributed by atoms with van der Waals surface area (Å²) in [5, 5.41) is 3.14. The molecule has 0 unspecified atom stereocenters. The van der Waals surface area contributed by atoms with E-state index in [1.54, 1.807) is 11.3 Å². The van der Waals surface area contributed by atoms with Crippen LogP contribution in [0.2, 0.25) is 0 Å². The van der Waals surface area contributed by atoms with Crippen LogP contribution in [0, 0.1) is 5.92 Å². The second kappa shape index (κ2) is 9.03. The summed E-state index contributed by atoms with van der Waals surface area (Å²) < 4.78 is 0. The van der Waals surface area contributed by atoms with Gasteiger partial charge in [0, 0.05) is 44.3 Å². The van der Waals surface area contributed by atoms with E-state index in [1.807, 2.05) is 11.6 Å². The molecule has 1 aromatic heterocycles. The number of likely N-dealkylation sites (tertiary alicyclic amines) is 1. The quantitative estimate of drug-likeness (QED) is 0.430. The smallest absolute Gasteiger partial charge is 0.191 e. The summed E-state index contributed by atoms with van der Waals surface area (Å²) in [6.07, 6.45) is 4.35. The molecule has 0 spiro atoms. The molecule has 2 N–H and O–H groups in total. The van der Waals surface area contributed by atoms with Crippen molar-refractivity contribution in [3.63, 3.8) is 0 Å². The van der Waals surface area contributed by atoms with Crippen molar-refractivity contribution >= 4 is 46.4 Å². The van der Waals surface area contributed by atoms with Crippen molar-refractivity contribution in [1.29, 1.82) is 0 Å². The number of piperazine rings is 1. The lowest BCUT2D eigenvalue weighted by molar-refractivity contribution is 0.223. The van der Waals surface area contributed by atoms with Gasteiger partial charge in [-0.15, -0.1) is 35.3 Å². The maximum absolute atomic E-state index is 6.19. The molecular formula is C15H27IN6S. The summed E-state index contributed by atoms with van der Waals surface area (Å²) >= 11 is 1.70. The maximum Gasteiger partial charge on any atom is 0.191 e. The van der Waals surface area contributed by atoms with Gasteiger partial charge in [-0.05, 0) is 38.9 Å². The van der Waals surface area contributed by atoms with Gasteiger partial charge >= 0.3 is 0 Å². The van der Waals surface area contributed by atoms with E-state index in [0.29, 0.717) is 5.92 Å². The Morgan fingerprint density at radius 3 is 2.57 bits per heavy atom. The highest BCUT2D eigenvalue weighted by Gasteiger charge is 2.21. The monoisotopic (exact) mass is 450 g/mol. The highest BCUT2D eigenvalue weighted by Crippen LogP contribution is 2.19. The fourth-order valence-corrected chi connectivity index (χ4v) is 3.76. The zero-order valence-corrected chi connectivity index (χ0v) is 16.9. The molecule has 8 heteroatoms. The van der Waals surface area contributed by atoms with E-state index < -0.39 is 0 Å². The fourth-order valence-electron chi connectivity index (χ4n) is 3.07. The van der Waals surface area contributed by atoms with Gasteiger partial charge in [0.05, 0.1) is 0 Å². The Balaban J connectivity index is 0.00000192. The van der Waals surface area contributed by atoms with E-state index in [-0.39, 0.29) is 24.0 Å². The van der Waals surface area contributed by atoms with E-state index in [4.69, 9.17) is 5.73 Å². The van der Waals surface area contributed by atoms with Gasteiger partial charge in [0.15, 0.2) is 11.1 Å². The van der Waals surface area contributed by atoms with E-state index in [2.05, 4.69) is 31.7 Å². The van der Waals surface area contributed by atoms with Gasteiger partial charge in [-0.2, -0.15) is 0 Å². The molecule has 3 heterocycles. The first-order chi connectivity index (χ1) is 10.7. The lowest BCUT2D eigenvalue weighted by Crippen LogP contribution is -2.51. The maximum atomic E-state index is 6.19. The molecule has 2 aliphatic rings. The zero-order chi connectivity index (χ0) is 15.4. The SMILES string of the molecule is CN1CCC(CN=C(N)N2CCN(c3nccs3)CC2)CC1.I. The number of hydrogen-bond acceptors (Lipinski definition) is 5. The molecule has 0 aliphatic carbocycles. The third-order valence-electron chi connectivity index (χ3n) is 4.64. The number of thiazole rings is 1. The molecule has 6 nitrogen and oxygen atoms in total. The van der Waals surface area contributed by atoms with Gasteiger partial charge in [0.1, 0.15) is 0 Å². The largest absolute Gasteiger partial charge is 0.370 e. The van der Waals surface area contributed by atoms with Crippen LogP contribution in [0.25, 0.3) is 0 Å². The number of aliphatic imine (C=N–C) groups is 1. The van der Waals surface area contributed by atoms with Crippen LogP contribution < -0.4 is 10.6 Å². The average molecular weight is 450 g/mol. The van der Waals surface area contributed by atoms with Gasteiger partial charge in [-0.1, -0.05) is 0 Å². The Kier molecular flexibility index (Phi) is 7.35. The van der Waals surface area contributed by atoms with Crippen LogP contribution >= 0.6 is 35.3 Å². The molecule has 2 fully saturated rings. The number of rotatable bonds is 3. The molecule has 0 radical (unpaired) electrons. The highest BCUT2D eigenvalue weighted by atomic mass is 127. The highest BCUT2D eigenvalue weighted by molar-refractivity contribution is 14.0. The Morgan fingerprint density at radius 2 is 1.96 bits per heavy atom. The van der Waals surface area contributed by atoms with Crippen molar-refractivity contribution in [3.05, 3.63) is 11.6 Å². The molecule has 2 aliphatic heterocycles. The Labute approximate surface area is 159 Å². The van der Waals surface area contributed by atoms with Crippen molar-refractivity contribution in [2.24, 2.45) is 16.6 Å². The first kappa shape index (κ1) is 18.7. The summed E-state index contributed by atoms with van der Waals surface area (Å²) in [5.74, 6) is 1.42. The molecule has 0 saturated carbocycles. The minimum Gasteiger partial charge on any atom is -0.370 e. The van der Waals surface area contributed by atoms with Crippen LogP contribution in [0.3, 0.4) is 0 Å². The minimum absolute atomic E-state index is 0. The molecule has 0 bridgehead atoms. The van der Waals surface area contributed by atoms with E-state index >= 15 is 0 Å². The third kappa shape index (κ3) is 5.18. The Bertz CT molecular complexity index is 478. The standard InChI is InChI=1S/C15H26N6S.HI/c1-19-5-2-13(3-6-19)12-18-14(16)20-7-9-21(10-8-20)15-17-4-11-22-15;/h4,11,13H,2-3,5-10,12H2,1H3,(H2,16,18);1H. The topological polar surface area (TPSA) is 61.0 Å². The molecule has 2 saturated heterocycles. The molecule has 3 rings (SSSR count). The number of piperidine rings is 1. The zero-order valence-electron chi connectivity index (χ0n) is 13.7. The van der Waals surface area contributed by atoms with Crippen molar-refractivity contribution in [1.82, 2.24) is 14.8 Å². The number of guanidine groups is 1. The summed E-state index contributed by atoms with van der Waals surface area (Å²) in [6.45, 7) is 7.06. The van der Waals surface area contributed by atoms with Crippen LogP contribution in [0.4, 0.5) is 5.13 Å². The number of nitrogens with zero attached hydrogens (tertiary/aromatic N) is 5. The lowest BCUT2D eigenvalue weighted by Gasteiger charge is -2.35. The Morgan fingerprint density at radius 1 is 1.26 bits per heavy atom. The molecular weight excluding hydrogens is 423 g/mol. The number of nitrogens with two attached hydrogens (primary N) is 1. The number of anilines is 1. The first-order valence-electron chi connectivity index (χ1n) is 8.10. The van der Waals surface area contributed by atoms with Crippen LogP contribution in [-0.2, 0) is 0 Å². The van der Waals surface area contributed by atoms with Gasteiger partial charge in [0.2, 0.25) is 0 Å². The molecule has 130 valence electrons. The summed E-state index contributed by atoms with van der Waals surface area (Å²) in [4.78, 5) is 16.0. The second-order valence-corrected chi connectivity index (χ2v) is 7.11. The van der Waals surface area contributed by atoms with E-state index in [0.717, 1.165) is 43.8 Å². The normalized spacial score (nSPS) is 21.3. The van der Waals surface area contributed by atoms with E-state index in [9.17, 15) is 0 Å². The number of aromatic nitrogens is 1.